The van der Waals surface area contributed by atoms with Gasteiger partial charge in [-0.1, -0.05) is 12.2 Å². The van der Waals surface area contributed by atoms with E-state index < -0.39 is 10.9 Å². The molecule has 7 heteroatoms. The standard InChI is InChI=1S/C13H14N2O5/c1-9(16)14-7-3-2-4-10-8-11(15(19)20)5-6-12(10)13(17)18/h2,4-6,8H,3,7H2,1H3,(H,14,16)(H,17,18). The number of rotatable bonds is 6. The number of nitrogens with zero attached hydrogens (tertiary/aromatic N) is 1. The van der Waals surface area contributed by atoms with Crippen molar-refractivity contribution in [3.8, 4) is 0 Å². The molecule has 0 fully saturated rings. The highest BCUT2D eigenvalue weighted by Gasteiger charge is 2.13. The number of non-ortho nitro benzene ring substituents is 1. The number of amides is 1. The number of carbonyl (C=O) groups is 2. The lowest BCUT2D eigenvalue weighted by molar-refractivity contribution is -0.384. The van der Waals surface area contributed by atoms with Crippen LogP contribution in [0.5, 0.6) is 0 Å². The first-order chi connectivity index (χ1) is 9.41. The van der Waals surface area contributed by atoms with Crippen LogP contribution in [0.25, 0.3) is 6.08 Å². The third-order valence-electron chi connectivity index (χ3n) is 2.46. The van der Waals surface area contributed by atoms with Crippen molar-refractivity contribution in [2.24, 2.45) is 0 Å². The highest BCUT2D eigenvalue weighted by atomic mass is 16.6. The molecule has 0 atom stereocenters. The zero-order valence-corrected chi connectivity index (χ0v) is 10.8. The molecule has 0 aromatic heterocycles. The van der Waals surface area contributed by atoms with Gasteiger partial charge in [0.25, 0.3) is 5.69 Å². The van der Waals surface area contributed by atoms with Crippen LogP contribution in [0.3, 0.4) is 0 Å². The molecule has 0 aliphatic heterocycles. The maximum Gasteiger partial charge on any atom is 0.336 e. The fraction of sp³-hybridized carbons (Fsp3) is 0.231. The number of hydrogen-bond acceptors (Lipinski definition) is 4. The van der Waals surface area contributed by atoms with Gasteiger partial charge in [0.15, 0.2) is 0 Å². The lowest BCUT2D eigenvalue weighted by atomic mass is 10.1. The zero-order valence-electron chi connectivity index (χ0n) is 10.8. The second kappa shape index (κ2) is 7.03. The highest BCUT2D eigenvalue weighted by molar-refractivity contribution is 5.92. The van der Waals surface area contributed by atoms with Crippen LogP contribution in [0.1, 0.15) is 29.3 Å². The Bertz CT molecular complexity index is 566. The Morgan fingerprint density at radius 1 is 1.45 bits per heavy atom. The average Bonchev–Trinajstić information content (AvgIpc) is 2.37. The molecule has 1 aromatic rings. The summed E-state index contributed by atoms with van der Waals surface area (Å²) >= 11 is 0. The molecule has 0 bridgehead atoms. The minimum atomic E-state index is -1.15. The monoisotopic (exact) mass is 278 g/mol. The third-order valence-corrected chi connectivity index (χ3v) is 2.46. The number of nitro groups is 1. The van der Waals surface area contributed by atoms with E-state index in [4.69, 9.17) is 5.11 Å². The van der Waals surface area contributed by atoms with Crippen molar-refractivity contribution in [2.45, 2.75) is 13.3 Å². The summed E-state index contributed by atoms with van der Waals surface area (Å²) in [5, 5.41) is 22.3. The van der Waals surface area contributed by atoms with Gasteiger partial charge in [0.05, 0.1) is 10.5 Å². The van der Waals surface area contributed by atoms with Crippen molar-refractivity contribution in [3.63, 3.8) is 0 Å². The lowest BCUT2D eigenvalue weighted by Gasteiger charge is -2.01. The van der Waals surface area contributed by atoms with Crippen LogP contribution in [0.4, 0.5) is 5.69 Å². The second-order valence-electron chi connectivity index (χ2n) is 4.01. The van der Waals surface area contributed by atoms with Crippen LogP contribution in [-0.2, 0) is 4.79 Å². The van der Waals surface area contributed by atoms with Gasteiger partial charge >= 0.3 is 5.97 Å². The topological polar surface area (TPSA) is 110 Å². The van der Waals surface area contributed by atoms with Gasteiger partial charge in [0.2, 0.25) is 5.91 Å². The van der Waals surface area contributed by atoms with E-state index in [1.807, 2.05) is 0 Å². The van der Waals surface area contributed by atoms with E-state index in [0.717, 1.165) is 6.07 Å². The molecule has 0 saturated heterocycles. The van der Waals surface area contributed by atoms with E-state index in [2.05, 4.69) is 5.32 Å². The summed E-state index contributed by atoms with van der Waals surface area (Å²) in [4.78, 5) is 31.8. The first-order valence-electron chi connectivity index (χ1n) is 5.84. The smallest absolute Gasteiger partial charge is 0.336 e. The molecule has 0 heterocycles. The Kier molecular flexibility index (Phi) is 5.40. The molecule has 20 heavy (non-hydrogen) atoms. The molecule has 1 amide bonds. The largest absolute Gasteiger partial charge is 0.478 e. The lowest BCUT2D eigenvalue weighted by Crippen LogP contribution is -2.20. The van der Waals surface area contributed by atoms with Crippen molar-refractivity contribution < 1.29 is 19.6 Å². The summed E-state index contributed by atoms with van der Waals surface area (Å²) in [5.41, 5.74) is 0.0809. The number of carbonyl (C=O) groups excluding carboxylic acids is 1. The summed E-state index contributed by atoms with van der Waals surface area (Å²) in [5.74, 6) is -1.30. The maximum absolute atomic E-state index is 11.0. The van der Waals surface area contributed by atoms with Gasteiger partial charge in [-0.3, -0.25) is 14.9 Å². The van der Waals surface area contributed by atoms with Crippen LogP contribution in [-0.4, -0.2) is 28.5 Å². The van der Waals surface area contributed by atoms with Crippen molar-refractivity contribution in [1.29, 1.82) is 0 Å². The summed E-state index contributed by atoms with van der Waals surface area (Å²) < 4.78 is 0. The number of hydrogen-bond donors (Lipinski definition) is 2. The Hall–Kier alpha value is -2.70. The molecule has 0 unspecified atom stereocenters. The van der Waals surface area contributed by atoms with Crippen LogP contribution in [0.15, 0.2) is 24.3 Å². The Labute approximate surface area is 115 Å². The number of carboxylic acids is 1. The molecule has 7 nitrogen and oxygen atoms in total. The molecule has 0 radical (unpaired) electrons. The van der Waals surface area contributed by atoms with E-state index in [0.29, 0.717) is 13.0 Å². The normalized spacial score (nSPS) is 10.4. The molecule has 106 valence electrons. The number of benzene rings is 1. The first-order valence-corrected chi connectivity index (χ1v) is 5.84. The van der Waals surface area contributed by atoms with Crippen LogP contribution >= 0.6 is 0 Å². The molecule has 1 rings (SSSR count). The molecular weight excluding hydrogens is 264 g/mol. The van der Waals surface area contributed by atoms with Crippen molar-refractivity contribution >= 4 is 23.6 Å². The number of carboxylic acid groups (broad SMARTS) is 1. The van der Waals surface area contributed by atoms with E-state index in [1.54, 1.807) is 6.08 Å². The quantitative estimate of drug-likeness (QED) is 0.468. The zero-order chi connectivity index (χ0) is 15.1. The summed E-state index contributed by atoms with van der Waals surface area (Å²) in [6, 6.07) is 3.56. The van der Waals surface area contributed by atoms with E-state index in [-0.39, 0.29) is 22.7 Å². The Morgan fingerprint density at radius 3 is 2.70 bits per heavy atom. The van der Waals surface area contributed by atoms with E-state index >= 15 is 0 Å². The summed E-state index contributed by atoms with van der Waals surface area (Å²) in [6.45, 7) is 1.82. The summed E-state index contributed by atoms with van der Waals surface area (Å²) in [7, 11) is 0. The number of nitrogens with one attached hydrogen (secondary N) is 1. The minimum absolute atomic E-state index is 0.00798. The average molecular weight is 278 g/mol. The van der Waals surface area contributed by atoms with Crippen LogP contribution in [0.2, 0.25) is 0 Å². The first kappa shape index (κ1) is 15.4. The van der Waals surface area contributed by atoms with Gasteiger partial charge in [-0.15, -0.1) is 0 Å². The van der Waals surface area contributed by atoms with E-state index in [1.165, 1.54) is 25.1 Å². The minimum Gasteiger partial charge on any atom is -0.478 e. The van der Waals surface area contributed by atoms with Gasteiger partial charge in [0.1, 0.15) is 0 Å². The second-order valence-corrected chi connectivity index (χ2v) is 4.01. The summed E-state index contributed by atoms with van der Waals surface area (Å²) in [6.07, 6.45) is 3.65. The predicted molar refractivity (Wildman–Crippen MR) is 72.4 cm³/mol. The van der Waals surface area contributed by atoms with Gasteiger partial charge in [-0.25, -0.2) is 4.79 Å². The fourth-order valence-electron chi connectivity index (χ4n) is 1.54. The molecular formula is C13H14N2O5. The Morgan fingerprint density at radius 2 is 2.15 bits per heavy atom. The third kappa shape index (κ3) is 4.52. The van der Waals surface area contributed by atoms with Crippen molar-refractivity contribution in [1.82, 2.24) is 5.32 Å². The van der Waals surface area contributed by atoms with Crippen molar-refractivity contribution in [2.75, 3.05) is 6.54 Å². The number of aromatic carboxylic acids is 1. The molecule has 0 spiro atoms. The van der Waals surface area contributed by atoms with Gasteiger partial charge in [-0.05, 0) is 18.1 Å². The SMILES string of the molecule is CC(=O)NCCC=Cc1cc([N+](=O)[O-])ccc1C(=O)O. The van der Waals surface area contributed by atoms with E-state index in [9.17, 15) is 19.7 Å². The van der Waals surface area contributed by atoms with Crippen LogP contribution < -0.4 is 5.32 Å². The van der Waals surface area contributed by atoms with Gasteiger partial charge < -0.3 is 10.4 Å². The fourth-order valence-corrected chi connectivity index (χ4v) is 1.54. The maximum atomic E-state index is 11.0. The number of nitro benzene ring substituents is 1. The van der Waals surface area contributed by atoms with Crippen molar-refractivity contribution in [3.05, 3.63) is 45.5 Å². The molecule has 1 aromatic carbocycles. The molecule has 0 aliphatic carbocycles. The molecule has 2 N–H and O–H groups in total. The highest BCUT2D eigenvalue weighted by Crippen LogP contribution is 2.19. The Balaban J connectivity index is 2.87. The molecule has 0 saturated carbocycles. The predicted octanol–water partition coefficient (Wildman–Crippen LogP) is 1.83. The van der Waals surface area contributed by atoms with Crippen LogP contribution in [0, 0.1) is 10.1 Å². The molecule has 0 aliphatic rings. The van der Waals surface area contributed by atoms with Gasteiger partial charge in [-0.2, -0.15) is 0 Å². The van der Waals surface area contributed by atoms with Gasteiger partial charge in [0, 0.05) is 25.6 Å².